The Morgan fingerprint density at radius 3 is 1.90 bits per heavy atom. The predicted molar refractivity (Wildman–Crippen MR) is 149 cm³/mol. The third-order valence-corrected chi connectivity index (χ3v) is 7.27. The molecule has 0 saturated heterocycles. The van der Waals surface area contributed by atoms with Crippen molar-refractivity contribution in [1.82, 2.24) is 0 Å². The van der Waals surface area contributed by atoms with Gasteiger partial charge < -0.3 is 33.5 Å². The highest BCUT2D eigenvalue weighted by Crippen LogP contribution is 2.43. The van der Waals surface area contributed by atoms with Gasteiger partial charge in [-0.15, -0.1) is 0 Å². The fourth-order valence-corrected chi connectivity index (χ4v) is 5.18. The van der Waals surface area contributed by atoms with E-state index < -0.39 is 11.7 Å². The van der Waals surface area contributed by atoms with E-state index in [-0.39, 0.29) is 25.2 Å². The molecule has 0 aromatic heterocycles. The van der Waals surface area contributed by atoms with Gasteiger partial charge in [0.05, 0.1) is 52.9 Å². The molecule has 1 saturated carbocycles. The van der Waals surface area contributed by atoms with E-state index in [1.165, 1.54) is 0 Å². The number of hydrogen-bond acceptors (Lipinski definition) is 7. The van der Waals surface area contributed by atoms with Gasteiger partial charge >= 0.3 is 0 Å². The van der Waals surface area contributed by atoms with Crippen LogP contribution in [-0.2, 0) is 38.8 Å². The molecular formula is C32H40O7. The fourth-order valence-electron chi connectivity index (χ4n) is 5.18. The molecule has 7 nitrogen and oxygen atoms in total. The van der Waals surface area contributed by atoms with E-state index in [1.54, 1.807) is 14.2 Å². The molecule has 0 heterocycles. The first-order valence-corrected chi connectivity index (χ1v) is 13.5. The minimum atomic E-state index is -0.918. The lowest BCUT2D eigenvalue weighted by molar-refractivity contribution is -0.220. The summed E-state index contributed by atoms with van der Waals surface area (Å²) in [6.07, 6.45) is -0.140. The van der Waals surface area contributed by atoms with Gasteiger partial charge in [0.25, 0.3) is 0 Å². The normalized spacial score (nSPS) is 22.6. The number of rotatable bonds is 15. The molecule has 0 bridgehead atoms. The molecular weight excluding hydrogens is 496 g/mol. The third-order valence-electron chi connectivity index (χ3n) is 7.27. The maximum Gasteiger partial charge on any atom is 0.144 e. The second kappa shape index (κ2) is 14.4. The highest BCUT2D eigenvalue weighted by molar-refractivity contribution is 5.27. The van der Waals surface area contributed by atoms with Crippen molar-refractivity contribution in [3.05, 3.63) is 95.6 Å². The van der Waals surface area contributed by atoms with Gasteiger partial charge in [-0.3, -0.25) is 0 Å². The molecule has 1 aliphatic rings. The van der Waals surface area contributed by atoms with Gasteiger partial charge in [-0.05, 0) is 54.3 Å². The average Bonchev–Trinajstić information content (AvgIpc) is 3.28. The van der Waals surface area contributed by atoms with E-state index in [0.717, 1.165) is 28.2 Å². The summed E-state index contributed by atoms with van der Waals surface area (Å²) >= 11 is 0. The first-order chi connectivity index (χ1) is 19.1. The molecule has 3 aromatic rings. The Bertz CT molecular complexity index is 1100. The van der Waals surface area contributed by atoms with Crippen LogP contribution in [0.25, 0.3) is 0 Å². The minimum absolute atomic E-state index is 0.0359. The summed E-state index contributed by atoms with van der Waals surface area (Å²) in [4.78, 5) is 0. The van der Waals surface area contributed by atoms with Crippen molar-refractivity contribution in [3.8, 4) is 11.5 Å². The molecule has 39 heavy (non-hydrogen) atoms. The number of hydrogen-bond donors (Lipinski definition) is 1. The van der Waals surface area contributed by atoms with Gasteiger partial charge in [0.15, 0.2) is 0 Å². The van der Waals surface area contributed by atoms with Gasteiger partial charge in [0.1, 0.15) is 17.1 Å². The van der Waals surface area contributed by atoms with E-state index >= 15 is 0 Å². The topological polar surface area (TPSA) is 75.6 Å². The van der Waals surface area contributed by atoms with Crippen LogP contribution in [0.3, 0.4) is 0 Å². The molecule has 210 valence electrons. The van der Waals surface area contributed by atoms with Crippen molar-refractivity contribution >= 4 is 0 Å². The standard InChI is InChI=1S/C32H40O7/c1-4-37-30-18-27(19-33)31(38-21-26-12-16-29(35-3)17-13-26)32(30,39-22-24-8-6-5-7-9-24)23-36-20-25-10-14-28(34-2)15-11-25/h5-17,27,30-31,33H,4,18-23H2,1-3H3/t27-,30?,31-,32-/m1/s1. The zero-order valence-corrected chi connectivity index (χ0v) is 23.1. The summed E-state index contributed by atoms with van der Waals surface area (Å²) < 4.78 is 36.5. The van der Waals surface area contributed by atoms with Crippen molar-refractivity contribution in [1.29, 1.82) is 0 Å². The van der Waals surface area contributed by atoms with Gasteiger partial charge in [-0.1, -0.05) is 54.6 Å². The SMILES string of the molecule is CCOC1C[C@H](CO)[C@@H](OCc2ccc(OC)cc2)[C@]1(COCc1ccc(OC)cc1)OCc1ccccc1. The van der Waals surface area contributed by atoms with E-state index in [2.05, 4.69) is 0 Å². The van der Waals surface area contributed by atoms with E-state index in [9.17, 15) is 5.11 Å². The van der Waals surface area contributed by atoms with E-state index in [4.69, 9.17) is 28.4 Å². The summed E-state index contributed by atoms with van der Waals surface area (Å²) in [6.45, 7) is 3.83. The molecule has 0 amide bonds. The van der Waals surface area contributed by atoms with Crippen molar-refractivity contribution in [3.63, 3.8) is 0 Å². The maximum atomic E-state index is 10.4. The number of aliphatic hydroxyl groups excluding tert-OH is 1. The monoisotopic (exact) mass is 536 g/mol. The second-order valence-corrected chi connectivity index (χ2v) is 9.77. The Kier molecular flexibility index (Phi) is 10.8. The molecule has 0 spiro atoms. The Morgan fingerprint density at radius 2 is 1.33 bits per heavy atom. The first-order valence-electron chi connectivity index (χ1n) is 13.5. The molecule has 4 rings (SSSR count). The molecule has 0 aliphatic heterocycles. The molecule has 0 radical (unpaired) electrons. The lowest BCUT2D eigenvalue weighted by atomic mass is 9.94. The van der Waals surface area contributed by atoms with Crippen LogP contribution in [0.4, 0.5) is 0 Å². The van der Waals surface area contributed by atoms with Gasteiger partial charge in [0.2, 0.25) is 0 Å². The van der Waals surface area contributed by atoms with Crippen LogP contribution in [0.15, 0.2) is 78.9 Å². The number of aliphatic hydroxyl groups is 1. The van der Waals surface area contributed by atoms with E-state index in [0.29, 0.717) is 32.8 Å². The molecule has 4 atom stereocenters. The lowest BCUT2D eigenvalue weighted by Gasteiger charge is -2.40. The van der Waals surface area contributed by atoms with Crippen molar-refractivity contribution in [2.45, 2.75) is 51.0 Å². The van der Waals surface area contributed by atoms with Crippen LogP contribution < -0.4 is 9.47 Å². The Morgan fingerprint density at radius 1 is 0.744 bits per heavy atom. The van der Waals surface area contributed by atoms with E-state index in [1.807, 2.05) is 85.8 Å². The molecule has 1 aliphatic carbocycles. The summed E-state index contributed by atoms with van der Waals surface area (Å²) in [5.74, 6) is 1.42. The highest BCUT2D eigenvalue weighted by atomic mass is 16.6. The summed E-state index contributed by atoms with van der Waals surface area (Å²) in [5, 5.41) is 10.4. The first kappa shape index (κ1) is 29.1. The molecule has 1 unspecified atom stereocenters. The quantitative estimate of drug-likeness (QED) is 0.287. The molecule has 7 heteroatoms. The van der Waals surface area contributed by atoms with Gasteiger partial charge in [-0.2, -0.15) is 0 Å². The zero-order chi connectivity index (χ0) is 27.5. The molecule has 1 N–H and O–H groups in total. The van der Waals surface area contributed by atoms with Crippen molar-refractivity contribution in [2.24, 2.45) is 5.92 Å². The highest BCUT2D eigenvalue weighted by Gasteiger charge is 2.58. The largest absolute Gasteiger partial charge is 0.497 e. The molecule has 1 fully saturated rings. The average molecular weight is 537 g/mol. The van der Waals surface area contributed by atoms with Gasteiger partial charge in [0, 0.05) is 19.1 Å². The van der Waals surface area contributed by atoms with Crippen LogP contribution in [0, 0.1) is 5.92 Å². The summed E-state index contributed by atoms with van der Waals surface area (Å²) in [6, 6.07) is 25.6. The Labute approximate surface area is 231 Å². The van der Waals surface area contributed by atoms with Crippen molar-refractivity contribution in [2.75, 3.05) is 34.0 Å². The Balaban J connectivity index is 1.58. The lowest BCUT2D eigenvalue weighted by Crippen LogP contribution is -2.55. The minimum Gasteiger partial charge on any atom is -0.497 e. The zero-order valence-electron chi connectivity index (χ0n) is 23.1. The summed E-state index contributed by atoms with van der Waals surface area (Å²) in [5.41, 5.74) is 2.15. The third kappa shape index (κ3) is 7.38. The van der Waals surface area contributed by atoms with Crippen LogP contribution >= 0.6 is 0 Å². The predicted octanol–water partition coefficient (Wildman–Crippen LogP) is 5.18. The summed E-state index contributed by atoms with van der Waals surface area (Å²) in [7, 11) is 3.30. The maximum absolute atomic E-state index is 10.4. The number of benzene rings is 3. The number of methoxy groups -OCH3 is 2. The van der Waals surface area contributed by atoms with Gasteiger partial charge in [-0.25, -0.2) is 0 Å². The van der Waals surface area contributed by atoms with Crippen LogP contribution in [0.2, 0.25) is 0 Å². The molecule has 3 aromatic carbocycles. The van der Waals surface area contributed by atoms with Crippen LogP contribution in [0.5, 0.6) is 11.5 Å². The number of ether oxygens (including phenoxy) is 6. The Hall–Kier alpha value is -2.94. The van der Waals surface area contributed by atoms with Crippen molar-refractivity contribution < 1.29 is 33.5 Å². The second-order valence-electron chi connectivity index (χ2n) is 9.77. The van der Waals surface area contributed by atoms with Crippen LogP contribution in [-0.4, -0.2) is 57.0 Å². The fraction of sp³-hybridized carbons (Fsp3) is 0.438. The smallest absolute Gasteiger partial charge is 0.144 e. The van der Waals surface area contributed by atoms with Crippen LogP contribution in [0.1, 0.15) is 30.0 Å².